The number of aromatic nitrogens is 3. The van der Waals surface area contributed by atoms with Crippen LogP contribution in [-0.2, 0) is 12.8 Å². The van der Waals surface area contributed by atoms with E-state index in [1.54, 1.807) is 23.0 Å². The maximum atomic E-state index is 10.0. The van der Waals surface area contributed by atoms with Crippen molar-refractivity contribution in [2.24, 2.45) is 0 Å². The Kier molecular flexibility index (Phi) is 3.40. The summed E-state index contributed by atoms with van der Waals surface area (Å²) in [5.41, 5.74) is 2.67. The van der Waals surface area contributed by atoms with Gasteiger partial charge in [0.25, 0.3) is 0 Å². The standard InChI is InChI=1S/C9H11N3OS2/c1-2-7-9(15-12-11-7)8(13)3-6-4-10-5-14-6/h4-5,8,13H,2-3H2,1H3. The fraction of sp³-hybridized carbons (Fsp3) is 0.444. The molecule has 0 saturated heterocycles. The first kappa shape index (κ1) is 10.7. The largest absolute Gasteiger partial charge is 0.387 e. The van der Waals surface area contributed by atoms with Gasteiger partial charge in [-0.1, -0.05) is 11.4 Å². The average molecular weight is 241 g/mol. The molecule has 0 fully saturated rings. The molecule has 4 nitrogen and oxygen atoms in total. The molecule has 15 heavy (non-hydrogen) atoms. The summed E-state index contributed by atoms with van der Waals surface area (Å²) in [6.45, 7) is 2.01. The molecule has 2 aromatic rings. The third-order valence-electron chi connectivity index (χ3n) is 2.10. The number of nitrogens with zero attached hydrogens (tertiary/aromatic N) is 3. The van der Waals surface area contributed by atoms with Crippen LogP contribution in [0, 0.1) is 0 Å². The van der Waals surface area contributed by atoms with Gasteiger partial charge in [-0.3, -0.25) is 4.98 Å². The zero-order chi connectivity index (χ0) is 10.7. The molecule has 2 rings (SSSR count). The summed E-state index contributed by atoms with van der Waals surface area (Å²) in [4.78, 5) is 5.94. The summed E-state index contributed by atoms with van der Waals surface area (Å²) in [6, 6.07) is 0. The van der Waals surface area contributed by atoms with Crippen molar-refractivity contribution >= 4 is 22.9 Å². The van der Waals surface area contributed by atoms with E-state index in [1.165, 1.54) is 11.5 Å². The average Bonchev–Trinajstić information content (AvgIpc) is 2.86. The van der Waals surface area contributed by atoms with Crippen LogP contribution in [0.1, 0.15) is 28.5 Å². The van der Waals surface area contributed by atoms with E-state index in [4.69, 9.17) is 0 Å². The van der Waals surface area contributed by atoms with E-state index >= 15 is 0 Å². The Morgan fingerprint density at radius 3 is 3.07 bits per heavy atom. The molecular formula is C9H11N3OS2. The molecular weight excluding hydrogens is 230 g/mol. The minimum atomic E-state index is -0.500. The molecule has 0 radical (unpaired) electrons. The van der Waals surface area contributed by atoms with Crippen LogP contribution in [0.3, 0.4) is 0 Å². The van der Waals surface area contributed by atoms with Crippen molar-refractivity contribution in [2.45, 2.75) is 25.9 Å². The molecule has 1 N–H and O–H groups in total. The molecule has 2 heterocycles. The molecule has 1 atom stereocenters. The predicted octanol–water partition coefficient (Wildman–Crippen LogP) is 1.83. The van der Waals surface area contributed by atoms with Crippen molar-refractivity contribution in [3.8, 4) is 0 Å². The number of aryl methyl sites for hydroxylation is 1. The zero-order valence-corrected chi connectivity index (χ0v) is 9.88. The van der Waals surface area contributed by atoms with Crippen LogP contribution in [0.15, 0.2) is 11.7 Å². The van der Waals surface area contributed by atoms with E-state index in [0.29, 0.717) is 6.42 Å². The summed E-state index contributed by atoms with van der Waals surface area (Å²) in [5, 5.41) is 14.0. The first-order chi connectivity index (χ1) is 7.31. The molecule has 1 unspecified atom stereocenters. The van der Waals surface area contributed by atoms with Crippen LogP contribution < -0.4 is 0 Å². The van der Waals surface area contributed by atoms with Crippen LogP contribution in [0.2, 0.25) is 0 Å². The second-order valence-corrected chi connectivity index (χ2v) is 4.88. The van der Waals surface area contributed by atoms with Gasteiger partial charge in [-0.15, -0.1) is 16.4 Å². The normalized spacial score (nSPS) is 12.9. The van der Waals surface area contributed by atoms with Crippen molar-refractivity contribution in [2.75, 3.05) is 0 Å². The highest BCUT2D eigenvalue weighted by molar-refractivity contribution is 7.09. The molecule has 0 bridgehead atoms. The fourth-order valence-electron chi connectivity index (χ4n) is 1.34. The number of aliphatic hydroxyl groups is 1. The molecule has 0 aliphatic carbocycles. The Morgan fingerprint density at radius 2 is 2.40 bits per heavy atom. The van der Waals surface area contributed by atoms with Crippen molar-refractivity contribution in [1.82, 2.24) is 14.6 Å². The topological polar surface area (TPSA) is 58.9 Å². The lowest BCUT2D eigenvalue weighted by molar-refractivity contribution is 0.182. The highest BCUT2D eigenvalue weighted by Crippen LogP contribution is 2.25. The predicted molar refractivity (Wildman–Crippen MR) is 60.1 cm³/mol. The fourth-order valence-corrected chi connectivity index (χ4v) is 2.70. The Morgan fingerprint density at radius 1 is 1.53 bits per heavy atom. The Balaban J connectivity index is 2.11. The lowest BCUT2D eigenvalue weighted by atomic mass is 10.1. The smallest absolute Gasteiger partial charge is 0.0965 e. The van der Waals surface area contributed by atoms with Crippen LogP contribution in [0.25, 0.3) is 0 Å². The third-order valence-corrected chi connectivity index (χ3v) is 3.77. The third kappa shape index (κ3) is 2.39. The molecule has 6 heteroatoms. The van der Waals surface area contributed by atoms with E-state index in [0.717, 1.165) is 21.9 Å². The van der Waals surface area contributed by atoms with Gasteiger partial charge in [0.1, 0.15) is 0 Å². The summed E-state index contributed by atoms with van der Waals surface area (Å²) in [7, 11) is 0. The maximum Gasteiger partial charge on any atom is 0.0965 e. The van der Waals surface area contributed by atoms with Gasteiger partial charge in [-0.05, 0) is 18.0 Å². The molecule has 0 amide bonds. The SMILES string of the molecule is CCc1nnsc1C(O)Cc1cncs1. The molecule has 0 saturated carbocycles. The van der Waals surface area contributed by atoms with E-state index in [1.807, 2.05) is 6.92 Å². The van der Waals surface area contributed by atoms with Gasteiger partial charge in [0.15, 0.2) is 0 Å². The zero-order valence-electron chi connectivity index (χ0n) is 8.25. The van der Waals surface area contributed by atoms with Crippen LogP contribution in [0.5, 0.6) is 0 Å². The summed E-state index contributed by atoms with van der Waals surface area (Å²) in [5.74, 6) is 0. The molecule has 80 valence electrons. The Hall–Kier alpha value is -0.850. The molecule has 0 aliphatic rings. The van der Waals surface area contributed by atoms with Gasteiger partial charge < -0.3 is 5.11 Å². The van der Waals surface area contributed by atoms with Crippen molar-refractivity contribution in [1.29, 1.82) is 0 Å². The number of rotatable bonds is 4. The minimum absolute atomic E-state index is 0.500. The second kappa shape index (κ2) is 4.78. The van der Waals surface area contributed by atoms with E-state index in [2.05, 4.69) is 14.6 Å². The van der Waals surface area contributed by atoms with Gasteiger partial charge in [0.2, 0.25) is 0 Å². The summed E-state index contributed by atoms with van der Waals surface area (Å²) >= 11 is 2.83. The summed E-state index contributed by atoms with van der Waals surface area (Å²) < 4.78 is 3.86. The van der Waals surface area contributed by atoms with E-state index in [-0.39, 0.29) is 0 Å². The molecule has 2 aromatic heterocycles. The van der Waals surface area contributed by atoms with Gasteiger partial charge in [0, 0.05) is 17.5 Å². The molecule has 0 aliphatic heterocycles. The monoisotopic (exact) mass is 241 g/mol. The van der Waals surface area contributed by atoms with Gasteiger partial charge in [0.05, 0.1) is 22.2 Å². The summed E-state index contributed by atoms with van der Waals surface area (Å²) in [6.07, 6.45) is 2.70. The number of hydrogen-bond donors (Lipinski definition) is 1. The Bertz CT molecular complexity index is 413. The van der Waals surface area contributed by atoms with Crippen molar-refractivity contribution in [3.63, 3.8) is 0 Å². The first-order valence-corrected chi connectivity index (χ1v) is 6.33. The number of aliphatic hydroxyl groups excluding tert-OH is 1. The number of thiazole rings is 1. The highest BCUT2D eigenvalue weighted by Gasteiger charge is 2.16. The van der Waals surface area contributed by atoms with Gasteiger partial charge in [-0.25, -0.2) is 0 Å². The van der Waals surface area contributed by atoms with Crippen LogP contribution in [-0.4, -0.2) is 19.7 Å². The van der Waals surface area contributed by atoms with E-state index in [9.17, 15) is 5.11 Å². The van der Waals surface area contributed by atoms with Crippen LogP contribution in [0.4, 0.5) is 0 Å². The number of hydrogen-bond acceptors (Lipinski definition) is 6. The second-order valence-electron chi connectivity index (χ2n) is 3.13. The molecule has 0 aromatic carbocycles. The quantitative estimate of drug-likeness (QED) is 0.887. The lowest BCUT2D eigenvalue weighted by Crippen LogP contribution is -2.01. The Labute approximate surface area is 95.8 Å². The first-order valence-electron chi connectivity index (χ1n) is 4.67. The van der Waals surface area contributed by atoms with Crippen molar-refractivity contribution < 1.29 is 5.11 Å². The van der Waals surface area contributed by atoms with Crippen molar-refractivity contribution in [3.05, 3.63) is 27.2 Å². The minimum Gasteiger partial charge on any atom is -0.387 e. The van der Waals surface area contributed by atoms with E-state index < -0.39 is 6.10 Å². The van der Waals surface area contributed by atoms with Gasteiger partial charge >= 0.3 is 0 Å². The van der Waals surface area contributed by atoms with Crippen LogP contribution >= 0.6 is 22.9 Å². The maximum absolute atomic E-state index is 10.0. The van der Waals surface area contributed by atoms with Gasteiger partial charge in [-0.2, -0.15) is 0 Å². The molecule has 0 spiro atoms. The highest BCUT2D eigenvalue weighted by atomic mass is 32.1. The lowest BCUT2D eigenvalue weighted by Gasteiger charge is -2.06.